The molecule has 4 rings (SSSR count). The zero-order valence-corrected chi connectivity index (χ0v) is 21.3. The normalized spacial score (nSPS) is 11.7. The Morgan fingerprint density at radius 2 is 1.11 bits per heavy atom. The molecule has 0 aliphatic heterocycles. The molecule has 1 unspecified atom stereocenters. The lowest BCUT2D eigenvalue weighted by Gasteiger charge is -2.28. The Morgan fingerprint density at radius 1 is 0.676 bits per heavy atom. The van der Waals surface area contributed by atoms with Crippen molar-refractivity contribution >= 4 is 46.7 Å². The average molecular weight is 509 g/mol. The van der Waals surface area contributed by atoms with Crippen molar-refractivity contribution in [3.8, 4) is 0 Å². The van der Waals surface area contributed by atoms with E-state index < -0.39 is 18.8 Å². The first kappa shape index (κ1) is 25.9. The molecule has 2 N–H and O–H groups in total. The zero-order chi connectivity index (χ0) is 25.9. The van der Waals surface area contributed by atoms with Crippen LogP contribution < -0.4 is 26.5 Å². The minimum Gasteiger partial charge on any atom is -0.350 e. The molecule has 0 spiro atoms. The lowest BCUT2D eigenvalue weighted by Crippen LogP contribution is -2.45. The molecule has 186 valence electrons. The van der Waals surface area contributed by atoms with Crippen LogP contribution in [0.25, 0.3) is 0 Å². The van der Waals surface area contributed by atoms with E-state index in [0.717, 1.165) is 21.5 Å². The maximum atomic E-state index is 13.7. The molecule has 37 heavy (non-hydrogen) atoms. The Labute approximate surface area is 217 Å². The zero-order valence-electron chi connectivity index (χ0n) is 20.4. The Balaban J connectivity index is 1.72. The summed E-state index contributed by atoms with van der Waals surface area (Å²) < 4.78 is 0. The Kier molecular flexibility index (Phi) is 8.85. The summed E-state index contributed by atoms with van der Waals surface area (Å²) in [4.78, 5) is 37.9. The van der Waals surface area contributed by atoms with Gasteiger partial charge >= 0.3 is 0 Å². The van der Waals surface area contributed by atoms with Crippen LogP contribution in [-0.4, -0.2) is 29.9 Å². The Bertz CT molecular complexity index is 1270. The second-order valence-electron chi connectivity index (χ2n) is 8.57. The first-order valence-electron chi connectivity index (χ1n) is 12.1. The lowest BCUT2D eigenvalue weighted by molar-refractivity contribution is -0.127. The van der Waals surface area contributed by atoms with Gasteiger partial charge in [-0.3, -0.25) is 14.4 Å². The van der Waals surface area contributed by atoms with E-state index in [-0.39, 0.29) is 12.2 Å². The van der Waals surface area contributed by atoms with Crippen molar-refractivity contribution in [1.82, 2.24) is 10.6 Å². The highest BCUT2D eigenvalue weighted by atomic mass is 31.2. The topological polar surface area (TPSA) is 75.3 Å². The van der Waals surface area contributed by atoms with Crippen molar-refractivity contribution < 1.29 is 14.4 Å². The monoisotopic (exact) mass is 508 g/mol. The fraction of sp³-hybridized carbons (Fsp3) is 0.0968. The van der Waals surface area contributed by atoms with E-state index in [2.05, 4.69) is 10.6 Å². The molecule has 5 nitrogen and oxygen atoms in total. The van der Waals surface area contributed by atoms with Crippen molar-refractivity contribution in [1.29, 1.82) is 0 Å². The van der Waals surface area contributed by atoms with Crippen molar-refractivity contribution in [2.45, 2.75) is 19.0 Å². The maximum absolute atomic E-state index is 13.7. The van der Waals surface area contributed by atoms with E-state index in [1.807, 2.05) is 121 Å². The molecule has 0 radical (unpaired) electrons. The van der Waals surface area contributed by atoms with Gasteiger partial charge < -0.3 is 10.6 Å². The van der Waals surface area contributed by atoms with Gasteiger partial charge in [-0.15, -0.1) is 0 Å². The van der Waals surface area contributed by atoms with E-state index in [4.69, 9.17) is 0 Å². The second-order valence-corrected chi connectivity index (χ2v) is 11.8. The summed E-state index contributed by atoms with van der Waals surface area (Å²) in [6.45, 7) is -2.19. The van der Waals surface area contributed by atoms with Crippen molar-refractivity contribution in [3.05, 3.63) is 127 Å². The predicted octanol–water partition coefficient (Wildman–Crippen LogP) is 3.17. The molecule has 0 bridgehead atoms. The summed E-state index contributed by atoms with van der Waals surface area (Å²) in [7, 11) is 0. The molecule has 2 amide bonds. The Morgan fingerprint density at radius 3 is 1.54 bits per heavy atom. The van der Waals surface area contributed by atoms with E-state index in [0.29, 0.717) is 13.0 Å². The third-order valence-corrected chi connectivity index (χ3v) is 10.1. The molecule has 0 fully saturated rings. The molecule has 1 atom stereocenters. The maximum Gasteiger partial charge on any atom is 0.243 e. The molecule has 0 aromatic heterocycles. The van der Waals surface area contributed by atoms with E-state index in [1.54, 1.807) is 5.80 Å². The van der Waals surface area contributed by atoms with Crippen LogP contribution in [-0.2, 0) is 20.9 Å². The van der Waals surface area contributed by atoms with Crippen molar-refractivity contribution in [3.63, 3.8) is 0 Å². The fourth-order valence-electron chi connectivity index (χ4n) is 4.35. The highest BCUT2D eigenvalue weighted by Gasteiger charge is 2.28. The first-order chi connectivity index (χ1) is 18.1. The Hall–Kier alpha value is -4.21. The smallest absolute Gasteiger partial charge is 0.243 e. The number of ketones is 1. The third-order valence-electron chi connectivity index (χ3n) is 6.13. The van der Waals surface area contributed by atoms with Gasteiger partial charge in [-0.2, -0.15) is 0 Å². The highest BCUT2D eigenvalue weighted by Crippen LogP contribution is 2.43. The van der Waals surface area contributed by atoms with Gasteiger partial charge in [-0.1, -0.05) is 121 Å². The van der Waals surface area contributed by atoms with Crippen molar-refractivity contribution in [2.75, 3.05) is 0 Å². The summed E-state index contributed by atoms with van der Waals surface area (Å²) in [6, 6.07) is 38.5. The number of benzene rings is 4. The number of carbonyl (C=O) groups excluding carboxylic acids is 3. The van der Waals surface area contributed by atoms with Gasteiger partial charge in [-0.25, -0.2) is 0 Å². The average Bonchev–Trinajstić information content (AvgIpc) is 2.96. The second kappa shape index (κ2) is 12.7. The minimum atomic E-state index is -2.50. The van der Waals surface area contributed by atoms with E-state index in [9.17, 15) is 14.4 Å². The summed E-state index contributed by atoms with van der Waals surface area (Å²) >= 11 is 0. The number of Topliss-reactive ketones (excluding diaryl/α,β-unsaturated/α-hetero) is 1. The minimum absolute atomic E-state index is 0.145. The molecule has 6 heteroatoms. The van der Waals surface area contributed by atoms with E-state index in [1.165, 1.54) is 0 Å². The van der Waals surface area contributed by atoms with Crippen molar-refractivity contribution in [2.24, 2.45) is 0 Å². The van der Waals surface area contributed by atoms with Crippen LogP contribution in [0.15, 0.2) is 121 Å². The van der Waals surface area contributed by atoms with Crippen LogP contribution >= 0.6 is 6.89 Å². The van der Waals surface area contributed by atoms with E-state index >= 15 is 0 Å². The molecule has 0 aliphatic carbocycles. The number of nitrogens with one attached hydrogen (secondary N) is 2. The SMILES string of the molecule is O=CNC(CC(=O)C=P(c1ccccc1)(c1ccccc1)c1ccccc1)C(=O)NCc1ccccc1. The predicted molar refractivity (Wildman–Crippen MR) is 152 cm³/mol. The molecular formula is C31H29N2O3P. The van der Waals surface area contributed by atoms with Gasteiger partial charge in [0.1, 0.15) is 6.04 Å². The summed E-state index contributed by atoms with van der Waals surface area (Å²) in [6.07, 6.45) is 0.321. The summed E-state index contributed by atoms with van der Waals surface area (Å²) in [5.41, 5.74) is 0.931. The van der Waals surface area contributed by atoms with Crippen LogP contribution in [0.2, 0.25) is 0 Å². The van der Waals surface area contributed by atoms with Gasteiger partial charge in [-0.05, 0) is 34.2 Å². The van der Waals surface area contributed by atoms with Gasteiger partial charge in [0, 0.05) is 13.0 Å². The summed E-state index contributed by atoms with van der Waals surface area (Å²) in [5.74, 6) is 1.18. The molecule has 0 aliphatic rings. The lowest BCUT2D eigenvalue weighted by atomic mass is 10.1. The first-order valence-corrected chi connectivity index (χ1v) is 13.9. The molecule has 4 aromatic carbocycles. The molecule has 0 saturated carbocycles. The molecule has 0 heterocycles. The largest absolute Gasteiger partial charge is 0.350 e. The van der Waals surface area contributed by atoms with Crippen LogP contribution in [0, 0.1) is 0 Å². The number of hydrogen-bond acceptors (Lipinski definition) is 3. The van der Waals surface area contributed by atoms with Gasteiger partial charge in [0.15, 0.2) is 5.78 Å². The molecule has 4 aromatic rings. The van der Waals surface area contributed by atoms with Crippen LogP contribution in [0.3, 0.4) is 0 Å². The van der Waals surface area contributed by atoms with Crippen LogP contribution in [0.5, 0.6) is 0 Å². The fourth-order valence-corrected chi connectivity index (χ4v) is 8.15. The quantitative estimate of drug-likeness (QED) is 0.241. The van der Waals surface area contributed by atoms with Crippen LogP contribution in [0.1, 0.15) is 12.0 Å². The number of rotatable bonds is 11. The van der Waals surface area contributed by atoms with Gasteiger partial charge in [0.2, 0.25) is 12.3 Å². The van der Waals surface area contributed by atoms with Gasteiger partial charge in [0.05, 0.1) is 0 Å². The van der Waals surface area contributed by atoms with Crippen LogP contribution in [0.4, 0.5) is 0 Å². The standard InChI is InChI=1S/C31H29N2O3P/c34-24-33-30(31(36)32-22-25-13-5-1-6-14-25)21-26(35)23-37(27-15-7-2-8-16-27,28-17-9-3-10-18-28)29-19-11-4-12-20-29/h1-20,23-24,30H,21-22H2,(H,32,36)(H,33,34). The number of hydrogen-bond donors (Lipinski definition) is 2. The molecule has 0 saturated heterocycles. The summed E-state index contributed by atoms with van der Waals surface area (Å²) in [5, 5.41) is 8.47. The third kappa shape index (κ3) is 6.32. The highest BCUT2D eigenvalue weighted by molar-refractivity contribution is 7.95. The molecular weight excluding hydrogens is 479 g/mol. The van der Waals surface area contributed by atoms with Gasteiger partial charge in [0.25, 0.3) is 0 Å². The number of amides is 2. The number of carbonyl (C=O) groups is 3.